The third kappa shape index (κ3) is 8.29. The third-order valence-corrected chi connectivity index (χ3v) is 1.68. The van der Waals surface area contributed by atoms with Gasteiger partial charge in [0.15, 0.2) is 0 Å². The maximum absolute atomic E-state index is 10.1. The summed E-state index contributed by atoms with van der Waals surface area (Å²) in [6.07, 6.45) is -3.24. The number of hydrogen-bond acceptors (Lipinski definition) is 6. The fourth-order valence-corrected chi connectivity index (χ4v) is 1.23. The Morgan fingerprint density at radius 2 is 1.62 bits per heavy atom. The lowest BCUT2D eigenvalue weighted by atomic mass is 10.4. The summed E-state index contributed by atoms with van der Waals surface area (Å²) in [7, 11) is -5.96. The Labute approximate surface area is 75.2 Å². The van der Waals surface area contributed by atoms with Crippen LogP contribution in [0.3, 0.4) is 0 Å². The van der Waals surface area contributed by atoms with E-state index in [9.17, 15) is 9.13 Å². The van der Waals surface area contributed by atoms with Crippen LogP contribution in [0.4, 0.5) is 0 Å². The lowest BCUT2D eigenvalue weighted by molar-refractivity contribution is -0.0315. The average molecular weight is 233 g/mol. The molecule has 0 aliphatic rings. The standard InChI is InChI=1S/C3H7NO7P2/c4-2(5)1-3(10-12(6)7)11-13(8)9/h2-3,5H,1,4H2/p+2. The van der Waals surface area contributed by atoms with Crippen LogP contribution in [0.1, 0.15) is 6.42 Å². The van der Waals surface area contributed by atoms with Crippen LogP contribution in [0.5, 0.6) is 0 Å². The summed E-state index contributed by atoms with van der Waals surface area (Å²) in [5.41, 5.74) is 4.89. The van der Waals surface area contributed by atoms with Gasteiger partial charge in [-0.2, -0.15) is 0 Å². The van der Waals surface area contributed by atoms with E-state index in [-0.39, 0.29) is 6.42 Å². The lowest BCUT2D eigenvalue weighted by Crippen LogP contribution is -2.26. The van der Waals surface area contributed by atoms with Crippen molar-refractivity contribution in [2.45, 2.75) is 18.9 Å². The van der Waals surface area contributed by atoms with Crippen molar-refractivity contribution in [3.05, 3.63) is 0 Å². The predicted molar refractivity (Wildman–Crippen MR) is 40.4 cm³/mol. The van der Waals surface area contributed by atoms with Crippen LogP contribution in [0, 0.1) is 0 Å². The van der Waals surface area contributed by atoms with Gasteiger partial charge in [0.1, 0.15) is 6.23 Å². The quantitative estimate of drug-likeness (QED) is 0.349. The van der Waals surface area contributed by atoms with Gasteiger partial charge in [0.2, 0.25) is 0 Å². The Bertz CT molecular complexity index is 180. The van der Waals surface area contributed by atoms with E-state index in [2.05, 4.69) is 9.05 Å². The van der Waals surface area contributed by atoms with Crippen molar-refractivity contribution in [2.24, 2.45) is 5.73 Å². The maximum Gasteiger partial charge on any atom is 0.697 e. The highest BCUT2D eigenvalue weighted by Crippen LogP contribution is 2.27. The van der Waals surface area contributed by atoms with E-state index in [1.165, 1.54) is 0 Å². The molecule has 0 aromatic heterocycles. The Morgan fingerprint density at radius 3 is 1.85 bits per heavy atom. The molecule has 0 aliphatic heterocycles. The van der Waals surface area contributed by atoms with Crippen LogP contribution in [-0.4, -0.2) is 27.4 Å². The molecule has 0 heterocycles. The molecule has 0 amide bonds. The van der Waals surface area contributed by atoms with E-state index in [0.29, 0.717) is 0 Å². The zero-order valence-electron chi connectivity index (χ0n) is 6.31. The van der Waals surface area contributed by atoms with Crippen molar-refractivity contribution in [2.75, 3.05) is 0 Å². The van der Waals surface area contributed by atoms with Crippen LogP contribution >= 0.6 is 16.5 Å². The number of rotatable bonds is 6. The van der Waals surface area contributed by atoms with Crippen molar-refractivity contribution in [3.63, 3.8) is 0 Å². The van der Waals surface area contributed by atoms with Gasteiger partial charge in [-0.25, -0.2) is 0 Å². The smallest absolute Gasteiger partial charge is 0.379 e. The molecule has 0 bridgehead atoms. The summed E-state index contributed by atoms with van der Waals surface area (Å²) < 4.78 is 28.5. The van der Waals surface area contributed by atoms with Crippen LogP contribution < -0.4 is 5.73 Å². The van der Waals surface area contributed by atoms with Crippen LogP contribution in [0.2, 0.25) is 0 Å². The van der Waals surface area contributed by atoms with E-state index in [1.807, 2.05) is 0 Å². The molecule has 0 aromatic rings. The molecule has 0 radical (unpaired) electrons. The van der Waals surface area contributed by atoms with Crippen molar-refractivity contribution in [1.82, 2.24) is 0 Å². The fraction of sp³-hybridized carbons (Fsp3) is 1.00. The second-order valence-corrected chi connectivity index (χ2v) is 3.29. The molecule has 0 aliphatic carbocycles. The molecule has 0 saturated heterocycles. The summed E-state index contributed by atoms with van der Waals surface area (Å²) in [6, 6.07) is 0. The minimum absolute atomic E-state index is 0.386. The van der Waals surface area contributed by atoms with Crippen molar-refractivity contribution in [1.29, 1.82) is 0 Å². The Morgan fingerprint density at radius 1 is 1.23 bits per heavy atom. The monoisotopic (exact) mass is 233 g/mol. The lowest BCUT2D eigenvalue weighted by Gasteiger charge is -2.04. The van der Waals surface area contributed by atoms with Gasteiger partial charge in [-0.05, 0) is 0 Å². The Kier molecular flexibility index (Phi) is 6.40. The molecule has 8 nitrogen and oxygen atoms in total. The highest BCUT2D eigenvalue weighted by atomic mass is 31.1. The first-order valence-corrected chi connectivity index (χ1v) is 5.27. The highest BCUT2D eigenvalue weighted by molar-refractivity contribution is 7.32. The molecule has 13 heavy (non-hydrogen) atoms. The van der Waals surface area contributed by atoms with Gasteiger partial charge in [-0.3, -0.25) is 0 Å². The molecular weight excluding hydrogens is 224 g/mol. The SMILES string of the molecule is NC(O)CC(O[P+](=O)O)O[P+](=O)O. The van der Waals surface area contributed by atoms with E-state index in [1.54, 1.807) is 0 Å². The van der Waals surface area contributed by atoms with Crippen LogP contribution in [0.15, 0.2) is 0 Å². The van der Waals surface area contributed by atoms with E-state index < -0.39 is 29.0 Å². The summed E-state index contributed by atoms with van der Waals surface area (Å²) in [6.45, 7) is 0. The average Bonchev–Trinajstić information content (AvgIpc) is 1.80. The zero-order chi connectivity index (χ0) is 10.4. The van der Waals surface area contributed by atoms with E-state index in [4.69, 9.17) is 20.6 Å². The molecule has 0 saturated carbocycles. The van der Waals surface area contributed by atoms with Gasteiger partial charge < -0.3 is 10.8 Å². The molecule has 3 atom stereocenters. The zero-order valence-corrected chi connectivity index (χ0v) is 8.10. The van der Waals surface area contributed by atoms with Crippen LogP contribution in [0.25, 0.3) is 0 Å². The van der Waals surface area contributed by atoms with Gasteiger partial charge in [-0.15, -0.1) is 9.79 Å². The van der Waals surface area contributed by atoms with Crippen molar-refractivity contribution < 1.29 is 33.1 Å². The first-order valence-electron chi connectivity index (χ1n) is 3.01. The molecule has 5 N–H and O–H groups in total. The maximum atomic E-state index is 10.1. The largest absolute Gasteiger partial charge is 0.697 e. The van der Waals surface area contributed by atoms with Gasteiger partial charge in [0.25, 0.3) is 6.29 Å². The van der Waals surface area contributed by atoms with Gasteiger partial charge in [0.05, 0.1) is 0 Å². The fourth-order valence-electron chi connectivity index (χ4n) is 0.504. The van der Waals surface area contributed by atoms with E-state index in [0.717, 1.165) is 0 Å². The van der Waals surface area contributed by atoms with Crippen molar-refractivity contribution in [3.8, 4) is 0 Å². The molecular formula is C3H9NO7P2+2. The number of hydrogen-bond donors (Lipinski definition) is 4. The number of aliphatic hydroxyl groups excluding tert-OH is 1. The minimum Gasteiger partial charge on any atom is -0.379 e. The molecule has 0 rings (SSSR count). The number of aliphatic hydroxyl groups is 1. The third-order valence-electron chi connectivity index (χ3n) is 0.849. The molecule has 76 valence electrons. The van der Waals surface area contributed by atoms with Gasteiger partial charge in [0, 0.05) is 15.6 Å². The van der Waals surface area contributed by atoms with Gasteiger partial charge >= 0.3 is 16.5 Å². The summed E-state index contributed by atoms with van der Waals surface area (Å²) in [5.74, 6) is 0. The first kappa shape index (κ1) is 13.0. The molecule has 10 heteroatoms. The minimum atomic E-state index is -2.98. The second kappa shape index (κ2) is 6.42. The molecule has 0 fully saturated rings. The summed E-state index contributed by atoms with van der Waals surface area (Å²) >= 11 is 0. The second-order valence-electron chi connectivity index (χ2n) is 1.92. The Hall–Kier alpha value is -0.0400. The topological polar surface area (TPSA) is 139 Å². The normalized spacial score (nSPS) is 17.8. The predicted octanol–water partition coefficient (Wildman–Crippen LogP) is -0.688. The molecule has 0 spiro atoms. The summed E-state index contributed by atoms with van der Waals surface area (Å²) in [4.78, 5) is 16.5. The molecule has 0 aromatic carbocycles. The Balaban J connectivity index is 4.02. The van der Waals surface area contributed by atoms with Crippen molar-refractivity contribution >= 4 is 16.5 Å². The van der Waals surface area contributed by atoms with Crippen LogP contribution in [-0.2, 0) is 18.2 Å². The molecule has 3 unspecified atom stereocenters. The van der Waals surface area contributed by atoms with E-state index >= 15 is 0 Å². The number of nitrogens with two attached hydrogens (primary N) is 1. The summed E-state index contributed by atoms with van der Waals surface area (Å²) in [5, 5.41) is 8.61. The van der Waals surface area contributed by atoms with Gasteiger partial charge in [-0.1, -0.05) is 9.05 Å². The highest BCUT2D eigenvalue weighted by Gasteiger charge is 2.33. The first-order chi connectivity index (χ1) is 5.91.